The third-order valence-electron chi connectivity index (χ3n) is 3.69. The molecule has 2 N–H and O–H groups in total. The molecule has 1 atom stereocenters. The van der Waals surface area contributed by atoms with Crippen molar-refractivity contribution in [2.24, 2.45) is 0 Å². The van der Waals surface area contributed by atoms with E-state index in [1.54, 1.807) is 23.1 Å². The van der Waals surface area contributed by atoms with Crippen LogP contribution in [-0.4, -0.2) is 55.7 Å². The van der Waals surface area contributed by atoms with Crippen molar-refractivity contribution in [2.75, 3.05) is 19.3 Å². The van der Waals surface area contributed by atoms with Crippen LogP contribution in [0.5, 0.6) is 0 Å². The molecule has 1 amide bonds. The third kappa shape index (κ3) is 5.47. The lowest BCUT2D eigenvalue weighted by molar-refractivity contribution is -0.127. The molecule has 2 rings (SSSR count). The lowest BCUT2D eigenvalue weighted by Crippen LogP contribution is -2.48. The summed E-state index contributed by atoms with van der Waals surface area (Å²) in [5.41, 5.74) is 0.903. The Morgan fingerprint density at radius 2 is 1.96 bits per heavy atom. The second-order valence-corrected chi connectivity index (χ2v) is 7.55. The first-order valence-corrected chi connectivity index (χ1v) is 9.41. The molecule has 1 aliphatic rings. The van der Waals surface area contributed by atoms with Crippen molar-refractivity contribution in [1.29, 1.82) is 0 Å². The fourth-order valence-electron chi connectivity index (χ4n) is 2.59. The van der Waals surface area contributed by atoms with Gasteiger partial charge in [-0.05, 0) is 36.6 Å². The zero-order valence-corrected chi connectivity index (χ0v) is 14.1. The van der Waals surface area contributed by atoms with Crippen LogP contribution in [0.3, 0.4) is 0 Å². The van der Waals surface area contributed by atoms with Crippen molar-refractivity contribution >= 4 is 28.0 Å². The van der Waals surface area contributed by atoms with E-state index >= 15 is 0 Å². The van der Waals surface area contributed by atoms with E-state index in [0.717, 1.165) is 18.2 Å². The van der Waals surface area contributed by atoms with Crippen molar-refractivity contribution in [2.45, 2.75) is 18.9 Å². The van der Waals surface area contributed by atoms with Gasteiger partial charge in [-0.2, -0.15) is 0 Å². The number of aromatic carboxylic acids is 1. The Morgan fingerprint density at radius 3 is 2.54 bits per heavy atom. The van der Waals surface area contributed by atoms with Gasteiger partial charge in [0.2, 0.25) is 15.9 Å². The van der Waals surface area contributed by atoms with Gasteiger partial charge in [0, 0.05) is 25.2 Å². The van der Waals surface area contributed by atoms with Crippen LogP contribution in [0, 0.1) is 0 Å². The first-order chi connectivity index (χ1) is 11.2. The van der Waals surface area contributed by atoms with Crippen LogP contribution in [-0.2, 0) is 14.8 Å². The highest BCUT2D eigenvalue weighted by molar-refractivity contribution is 7.88. The summed E-state index contributed by atoms with van der Waals surface area (Å²) < 4.78 is 25.1. The van der Waals surface area contributed by atoms with Crippen LogP contribution in [0.1, 0.15) is 28.8 Å². The summed E-state index contributed by atoms with van der Waals surface area (Å²) in [6, 6.07) is 5.93. The number of rotatable bonds is 5. The number of amides is 1. The number of carboxylic acid groups (broad SMARTS) is 1. The summed E-state index contributed by atoms with van der Waals surface area (Å²) in [4.78, 5) is 24.6. The molecule has 1 aromatic rings. The van der Waals surface area contributed by atoms with Crippen molar-refractivity contribution in [3.8, 4) is 0 Å². The second-order valence-electron chi connectivity index (χ2n) is 5.77. The molecule has 0 bridgehead atoms. The number of hydrogen-bond acceptors (Lipinski definition) is 4. The van der Waals surface area contributed by atoms with E-state index in [9.17, 15) is 18.0 Å². The van der Waals surface area contributed by atoms with E-state index in [1.807, 2.05) is 0 Å². The van der Waals surface area contributed by atoms with Gasteiger partial charge in [0.1, 0.15) is 0 Å². The lowest BCUT2D eigenvalue weighted by atomic mass is 10.1. The van der Waals surface area contributed by atoms with Gasteiger partial charge in [0.15, 0.2) is 0 Å². The van der Waals surface area contributed by atoms with Gasteiger partial charge in [-0.15, -0.1) is 0 Å². The molecule has 0 saturated carbocycles. The van der Waals surface area contributed by atoms with Crippen molar-refractivity contribution < 1.29 is 23.1 Å². The fraction of sp³-hybridized carbons (Fsp3) is 0.375. The number of carbonyl (C=O) groups is 2. The van der Waals surface area contributed by atoms with Gasteiger partial charge in [-0.25, -0.2) is 17.9 Å². The molecule has 1 fully saturated rings. The van der Waals surface area contributed by atoms with Crippen LogP contribution in [0.2, 0.25) is 0 Å². The Balaban J connectivity index is 1.97. The SMILES string of the molecule is CS(=O)(=O)NC1CCCN(C(=O)C=Cc2ccc(C(=O)O)cc2)C1. The predicted molar refractivity (Wildman–Crippen MR) is 90.0 cm³/mol. The molecule has 0 aliphatic carbocycles. The fourth-order valence-corrected chi connectivity index (χ4v) is 3.38. The molecule has 1 unspecified atom stereocenters. The molecule has 1 heterocycles. The van der Waals surface area contributed by atoms with E-state index in [2.05, 4.69) is 4.72 Å². The van der Waals surface area contributed by atoms with Gasteiger partial charge in [0.25, 0.3) is 0 Å². The van der Waals surface area contributed by atoms with E-state index in [-0.39, 0.29) is 17.5 Å². The smallest absolute Gasteiger partial charge is 0.335 e. The Labute approximate surface area is 141 Å². The molecule has 0 aromatic heterocycles. The number of sulfonamides is 1. The highest BCUT2D eigenvalue weighted by Gasteiger charge is 2.24. The summed E-state index contributed by atoms with van der Waals surface area (Å²) in [7, 11) is -3.29. The Kier molecular flexibility index (Phi) is 5.74. The predicted octanol–water partition coefficient (Wildman–Crippen LogP) is 0.938. The van der Waals surface area contributed by atoms with Crippen molar-refractivity contribution in [3.63, 3.8) is 0 Å². The van der Waals surface area contributed by atoms with Crippen molar-refractivity contribution in [3.05, 3.63) is 41.5 Å². The van der Waals surface area contributed by atoms with Crippen LogP contribution < -0.4 is 4.72 Å². The number of hydrogen-bond donors (Lipinski definition) is 2. The summed E-state index contributed by atoms with van der Waals surface area (Å²) in [6.45, 7) is 0.928. The number of nitrogens with zero attached hydrogens (tertiary/aromatic N) is 1. The molecule has 1 saturated heterocycles. The quantitative estimate of drug-likeness (QED) is 0.768. The molecule has 8 heteroatoms. The molecule has 1 aliphatic heterocycles. The van der Waals surface area contributed by atoms with Gasteiger partial charge < -0.3 is 10.0 Å². The first-order valence-electron chi connectivity index (χ1n) is 7.52. The summed E-state index contributed by atoms with van der Waals surface area (Å²) in [5.74, 6) is -1.20. The van der Waals surface area contributed by atoms with E-state index < -0.39 is 16.0 Å². The van der Waals surface area contributed by atoms with Crippen LogP contribution in [0.25, 0.3) is 6.08 Å². The van der Waals surface area contributed by atoms with Crippen molar-refractivity contribution in [1.82, 2.24) is 9.62 Å². The molecule has 0 spiro atoms. The molecule has 1 aromatic carbocycles. The van der Waals surface area contributed by atoms with Crippen LogP contribution in [0.15, 0.2) is 30.3 Å². The maximum atomic E-state index is 12.2. The number of benzene rings is 1. The molecular weight excluding hydrogens is 332 g/mol. The Bertz CT molecular complexity index is 740. The largest absolute Gasteiger partial charge is 0.478 e. The highest BCUT2D eigenvalue weighted by atomic mass is 32.2. The van der Waals surface area contributed by atoms with Gasteiger partial charge in [-0.3, -0.25) is 4.79 Å². The zero-order chi connectivity index (χ0) is 17.7. The minimum Gasteiger partial charge on any atom is -0.478 e. The standard InChI is InChI=1S/C16H20N2O5S/c1-24(22,23)17-14-3-2-10-18(11-14)15(19)9-6-12-4-7-13(8-5-12)16(20)21/h4-9,14,17H,2-3,10-11H2,1H3,(H,20,21). The second kappa shape index (κ2) is 7.59. The topological polar surface area (TPSA) is 104 Å². The zero-order valence-electron chi connectivity index (χ0n) is 13.3. The van der Waals surface area contributed by atoms with Gasteiger partial charge in [0.05, 0.1) is 11.8 Å². The van der Waals surface area contributed by atoms with Gasteiger partial charge in [-0.1, -0.05) is 12.1 Å². The molecule has 130 valence electrons. The van der Waals surface area contributed by atoms with E-state index in [0.29, 0.717) is 19.5 Å². The summed E-state index contributed by atoms with van der Waals surface area (Å²) in [6.07, 6.45) is 5.58. The monoisotopic (exact) mass is 352 g/mol. The minimum atomic E-state index is -3.29. The highest BCUT2D eigenvalue weighted by Crippen LogP contribution is 2.12. The molecule has 7 nitrogen and oxygen atoms in total. The number of nitrogens with one attached hydrogen (secondary N) is 1. The molecular formula is C16H20N2O5S. The number of carboxylic acids is 1. The number of carbonyl (C=O) groups excluding carboxylic acids is 1. The average Bonchev–Trinajstić information content (AvgIpc) is 2.51. The van der Waals surface area contributed by atoms with Crippen LogP contribution in [0.4, 0.5) is 0 Å². The summed E-state index contributed by atoms with van der Waals surface area (Å²) >= 11 is 0. The Hall–Kier alpha value is -2.19. The Morgan fingerprint density at radius 1 is 1.29 bits per heavy atom. The minimum absolute atomic E-state index is 0.184. The molecule has 24 heavy (non-hydrogen) atoms. The maximum Gasteiger partial charge on any atom is 0.335 e. The lowest BCUT2D eigenvalue weighted by Gasteiger charge is -2.32. The maximum absolute atomic E-state index is 12.2. The average molecular weight is 352 g/mol. The first kappa shape index (κ1) is 18.2. The normalized spacial score (nSPS) is 18.7. The third-order valence-corrected chi connectivity index (χ3v) is 4.45. The van der Waals surface area contributed by atoms with E-state index in [1.165, 1.54) is 18.2 Å². The number of piperidine rings is 1. The molecule has 0 radical (unpaired) electrons. The van der Waals surface area contributed by atoms with Crippen LogP contribution >= 0.6 is 0 Å². The number of likely N-dealkylation sites (tertiary alicyclic amines) is 1. The van der Waals surface area contributed by atoms with E-state index in [4.69, 9.17) is 5.11 Å². The van der Waals surface area contributed by atoms with Gasteiger partial charge >= 0.3 is 5.97 Å². The summed E-state index contributed by atoms with van der Waals surface area (Å²) in [5, 5.41) is 8.84.